The zero-order valence-corrected chi connectivity index (χ0v) is 12.2. The monoisotopic (exact) mass is 268 g/mol. The number of fused-ring (bicyclic) bond motifs is 1. The van der Waals surface area contributed by atoms with Crippen LogP contribution < -0.4 is 10.6 Å². The summed E-state index contributed by atoms with van der Waals surface area (Å²) in [4.78, 5) is 9.16. The van der Waals surface area contributed by atoms with E-state index in [2.05, 4.69) is 52.6 Å². The predicted molar refractivity (Wildman–Crippen MR) is 81.4 cm³/mol. The van der Waals surface area contributed by atoms with Crippen LogP contribution in [0.1, 0.15) is 28.2 Å². The number of nitrogens with zero attached hydrogens (tertiary/aromatic N) is 2. The number of benzene rings is 1. The van der Waals surface area contributed by atoms with Crippen LogP contribution >= 0.6 is 0 Å². The molecule has 1 aromatic heterocycles. The molecular weight excluding hydrogens is 248 g/mol. The van der Waals surface area contributed by atoms with Gasteiger partial charge in [-0.1, -0.05) is 12.1 Å². The van der Waals surface area contributed by atoms with Gasteiger partial charge in [0.2, 0.25) is 0 Å². The van der Waals surface area contributed by atoms with Crippen molar-refractivity contribution in [2.75, 3.05) is 11.9 Å². The van der Waals surface area contributed by atoms with Crippen LogP contribution in [0, 0.1) is 20.8 Å². The van der Waals surface area contributed by atoms with Crippen molar-refractivity contribution in [3.05, 3.63) is 46.4 Å². The second kappa shape index (κ2) is 5.21. The minimum atomic E-state index is 0.832. The fraction of sp³-hybridized carbons (Fsp3) is 0.375. The van der Waals surface area contributed by atoms with Crippen LogP contribution in [0.15, 0.2) is 18.2 Å². The summed E-state index contributed by atoms with van der Waals surface area (Å²) in [6, 6.07) is 6.30. The van der Waals surface area contributed by atoms with Gasteiger partial charge in [-0.25, -0.2) is 9.97 Å². The topological polar surface area (TPSA) is 49.8 Å². The molecule has 0 amide bonds. The number of rotatable bonds is 2. The highest BCUT2D eigenvalue weighted by Gasteiger charge is 2.17. The summed E-state index contributed by atoms with van der Waals surface area (Å²) in [7, 11) is 0. The van der Waals surface area contributed by atoms with Crippen molar-refractivity contribution >= 4 is 11.5 Å². The lowest BCUT2D eigenvalue weighted by molar-refractivity contribution is 0.625. The van der Waals surface area contributed by atoms with Gasteiger partial charge in [-0.3, -0.25) is 0 Å². The van der Waals surface area contributed by atoms with Crippen LogP contribution in [-0.4, -0.2) is 16.5 Å². The molecule has 0 fully saturated rings. The highest BCUT2D eigenvalue weighted by atomic mass is 15.1. The molecule has 0 aliphatic carbocycles. The van der Waals surface area contributed by atoms with Gasteiger partial charge in [0.1, 0.15) is 11.6 Å². The first kappa shape index (κ1) is 13.1. The van der Waals surface area contributed by atoms with Crippen molar-refractivity contribution in [2.45, 2.75) is 33.7 Å². The van der Waals surface area contributed by atoms with Gasteiger partial charge in [0.15, 0.2) is 0 Å². The maximum atomic E-state index is 4.59. The molecule has 1 aliphatic rings. The van der Waals surface area contributed by atoms with E-state index in [0.717, 1.165) is 36.8 Å². The summed E-state index contributed by atoms with van der Waals surface area (Å²) in [5.41, 5.74) is 6.04. The number of aromatic nitrogens is 2. The van der Waals surface area contributed by atoms with Crippen molar-refractivity contribution in [2.24, 2.45) is 0 Å². The highest BCUT2D eigenvalue weighted by Crippen LogP contribution is 2.26. The fourth-order valence-corrected chi connectivity index (χ4v) is 2.58. The van der Waals surface area contributed by atoms with E-state index in [1.54, 1.807) is 0 Å². The van der Waals surface area contributed by atoms with Crippen molar-refractivity contribution in [3.8, 4) is 0 Å². The lowest BCUT2D eigenvalue weighted by atomic mass is 10.1. The lowest BCUT2D eigenvalue weighted by Gasteiger charge is -2.21. The lowest BCUT2D eigenvalue weighted by Crippen LogP contribution is -2.26. The largest absolute Gasteiger partial charge is 0.340 e. The molecule has 0 saturated carbocycles. The Bertz CT molecular complexity index is 649. The Morgan fingerprint density at radius 3 is 2.85 bits per heavy atom. The first-order valence-electron chi connectivity index (χ1n) is 7.05. The third kappa shape index (κ3) is 2.39. The van der Waals surface area contributed by atoms with Gasteiger partial charge in [0.05, 0.1) is 5.69 Å². The number of nitrogens with one attached hydrogen (secondary N) is 2. The van der Waals surface area contributed by atoms with Crippen LogP contribution in [0.25, 0.3) is 0 Å². The van der Waals surface area contributed by atoms with Crippen LogP contribution in [0.5, 0.6) is 0 Å². The fourth-order valence-electron chi connectivity index (χ4n) is 2.58. The molecular formula is C16H20N4. The Morgan fingerprint density at radius 1 is 1.15 bits per heavy atom. The Kier molecular flexibility index (Phi) is 3.40. The molecule has 1 aromatic carbocycles. The van der Waals surface area contributed by atoms with Gasteiger partial charge in [-0.2, -0.15) is 0 Å². The summed E-state index contributed by atoms with van der Waals surface area (Å²) in [6.45, 7) is 8.05. The van der Waals surface area contributed by atoms with E-state index in [-0.39, 0.29) is 0 Å². The first-order valence-corrected chi connectivity index (χ1v) is 7.05. The molecule has 4 heteroatoms. The molecule has 0 unspecified atom stereocenters. The molecule has 20 heavy (non-hydrogen) atoms. The zero-order valence-electron chi connectivity index (χ0n) is 12.2. The Morgan fingerprint density at radius 2 is 2.00 bits per heavy atom. The van der Waals surface area contributed by atoms with Gasteiger partial charge in [-0.15, -0.1) is 0 Å². The number of aryl methyl sites for hydroxylation is 2. The van der Waals surface area contributed by atoms with Gasteiger partial charge in [0.25, 0.3) is 0 Å². The maximum absolute atomic E-state index is 4.59. The molecule has 3 rings (SSSR count). The Labute approximate surface area is 119 Å². The third-order valence-electron chi connectivity index (χ3n) is 3.90. The Balaban J connectivity index is 2.02. The SMILES string of the molecule is Cc1nc2c(c(Nc3cccc(C)c3C)n1)CNCC2. The summed E-state index contributed by atoms with van der Waals surface area (Å²) in [6.07, 6.45) is 0.972. The molecule has 104 valence electrons. The standard InChI is InChI=1S/C16H20N4/c1-10-5-4-6-14(11(10)2)20-16-13-9-17-8-7-15(13)18-12(3)19-16/h4-6,17H,7-9H2,1-3H3,(H,18,19,20). The molecule has 0 atom stereocenters. The summed E-state index contributed by atoms with van der Waals surface area (Å²) < 4.78 is 0. The second-order valence-corrected chi connectivity index (χ2v) is 5.34. The molecule has 1 aliphatic heterocycles. The minimum Gasteiger partial charge on any atom is -0.340 e. The second-order valence-electron chi connectivity index (χ2n) is 5.34. The minimum absolute atomic E-state index is 0.832. The van der Waals surface area contributed by atoms with Crippen LogP contribution in [-0.2, 0) is 13.0 Å². The average molecular weight is 268 g/mol. The summed E-state index contributed by atoms with van der Waals surface area (Å²) in [5.74, 6) is 1.77. The molecule has 0 bridgehead atoms. The van der Waals surface area contributed by atoms with E-state index in [4.69, 9.17) is 0 Å². The van der Waals surface area contributed by atoms with Crippen molar-refractivity contribution in [1.82, 2.24) is 15.3 Å². The van der Waals surface area contributed by atoms with Gasteiger partial charge >= 0.3 is 0 Å². The Hall–Kier alpha value is -1.94. The van der Waals surface area contributed by atoms with Crippen molar-refractivity contribution in [1.29, 1.82) is 0 Å². The molecule has 0 radical (unpaired) electrons. The van der Waals surface area contributed by atoms with Gasteiger partial charge in [-0.05, 0) is 38.0 Å². The number of anilines is 2. The summed E-state index contributed by atoms with van der Waals surface area (Å²) >= 11 is 0. The number of hydrogen-bond acceptors (Lipinski definition) is 4. The van der Waals surface area contributed by atoms with E-state index >= 15 is 0 Å². The molecule has 2 heterocycles. The van der Waals surface area contributed by atoms with Crippen LogP contribution in [0.4, 0.5) is 11.5 Å². The number of hydrogen-bond donors (Lipinski definition) is 2. The van der Waals surface area contributed by atoms with Gasteiger partial charge in [0, 0.05) is 30.8 Å². The highest BCUT2D eigenvalue weighted by molar-refractivity contribution is 5.64. The van der Waals surface area contributed by atoms with E-state index in [9.17, 15) is 0 Å². The molecule has 0 spiro atoms. The van der Waals surface area contributed by atoms with E-state index in [1.807, 2.05) is 6.92 Å². The van der Waals surface area contributed by atoms with E-state index in [1.165, 1.54) is 22.4 Å². The molecule has 4 nitrogen and oxygen atoms in total. The van der Waals surface area contributed by atoms with Crippen molar-refractivity contribution in [3.63, 3.8) is 0 Å². The average Bonchev–Trinajstić information content (AvgIpc) is 2.43. The van der Waals surface area contributed by atoms with Gasteiger partial charge < -0.3 is 10.6 Å². The van der Waals surface area contributed by atoms with Crippen LogP contribution in [0.2, 0.25) is 0 Å². The maximum Gasteiger partial charge on any atom is 0.138 e. The smallest absolute Gasteiger partial charge is 0.138 e. The van der Waals surface area contributed by atoms with E-state index < -0.39 is 0 Å². The van der Waals surface area contributed by atoms with Crippen molar-refractivity contribution < 1.29 is 0 Å². The quantitative estimate of drug-likeness (QED) is 0.879. The third-order valence-corrected chi connectivity index (χ3v) is 3.90. The molecule has 0 saturated heterocycles. The zero-order chi connectivity index (χ0) is 14.1. The summed E-state index contributed by atoms with van der Waals surface area (Å²) in [5, 5.41) is 6.88. The van der Waals surface area contributed by atoms with E-state index in [0.29, 0.717) is 0 Å². The molecule has 2 N–H and O–H groups in total. The first-order chi connectivity index (χ1) is 9.65. The van der Waals surface area contributed by atoms with Crippen LogP contribution in [0.3, 0.4) is 0 Å². The molecule has 2 aromatic rings. The predicted octanol–water partition coefficient (Wildman–Crippen LogP) is 2.79. The normalized spacial score (nSPS) is 13.9.